The predicted octanol–water partition coefficient (Wildman–Crippen LogP) is 2.20. The summed E-state index contributed by atoms with van der Waals surface area (Å²) in [4.78, 5) is 47.5. The van der Waals surface area contributed by atoms with Crippen LogP contribution in [-0.2, 0) is 14.2 Å². The zero-order chi connectivity index (χ0) is 24.0. The molecule has 33 heavy (non-hydrogen) atoms. The Kier molecular flexibility index (Phi) is 5.80. The molecule has 1 unspecified atom stereocenters. The lowest BCUT2D eigenvalue weighted by Gasteiger charge is -2.24. The molecule has 10 heteroatoms. The summed E-state index contributed by atoms with van der Waals surface area (Å²) < 4.78 is 17.3. The van der Waals surface area contributed by atoms with Crippen molar-refractivity contribution < 1.29 is 33.7 Å². The van der Waals surface area contributed by atoms with Gasteiger partial charge in [0.05, 0.1) is 6.54 Å². The Hall–Kier alpha value is -3.16. The van der Waals surface area contributed by atoms with Crippen molar-refractivity contribution in [1.82, 2.24) is 10.2 Å². The highest BCUT2D eigenvalue weighted by Crippen LogP contribution is 2.59. The molecule has 2 aliphatic rings. The van der Waals surface area contributed by atoms with E-state index < -0.39 is 31.2 Å². The maximum absolute atomic E-state index is 12.6. The Morgan fingerprint density at radius 3 is 2.21 bits per heavy atom. The number of ether oxygens (including phenoxy) is 1. The third-order valence-electron chi connectivity index (χ3n) is 6.28. The van der Waals surface area contributed by atoms with Gasteiger partial charge in [-0.05, 0) is 66.8 Å². The van der Waals surface area contributed by atoms with Gasteiger partial charge in [0, 0.05) is 23.6 Å². The molecule has 2 aromatic rings. The number of hydrogen-bond donors (Lipinski definition) is 3. The van der Waals surface area contributed by atoms with Crippen molar-refractivity contribution >= 4 is 30.5 Å². The molecule has 0 spiro atoms. The number of nitrogens with one attached hydrogen (secondary N) is 1. The molecule has 1 saturated carbocycles. The van der Waals surface area contributed by atoms with Crippen molar-refractivity contribution in [3.8, 4) is 11.5 Å². The van der Waals surface area contributed by atoms with Crippen molar-refractivity contribution in [3.05, 3.63) is 54.1 Å². The number of carbonyl (C=O) groups is 3. The number of carboxylic acid groups (broad SMARTS) is 1. The highest BCUT2D eigenvalue weighted by atomic mass is 31.2. The molecule has 174 valence electrons. The molecule has 0 bridgehead atoms. The number of amides is 2. The number of likely N-dealkylation sites (tertiary alicyclic amines) is 1. The fourth-order valence-electron chi connectivity index (χ4n) is 4.30. The quantitative estimate of drug-likeness (QED) is 0.526. The van der Waals surface area contributed by atoms with E-state index in [1.165, 1.54) is 23.7 Å². The van der Waals surface area contributed by atoms with Crippen molar-refractivity contribution in [2.24, 2.45) is 5.41 Å². The zero-order valence-corrected chi connectivity index (χ0v) is 19.1. The van der Waals surface area contributed by atoms with Gasteiger partial charge in [0.25, 0.3) is 5.91 Å². The molecule has 0 aromatic heterocycles. The van der Waals surface area contributed by atoms with Crippen LogP contribution in [0.4, 0.5) is 0 Å². The molecule has 1 aliphatic heterocycles. The summed E-state index contributed by atoms with van der Waals surface area (Å²) in [5.41, 5.74) is 0.192. The second-order valence-electron chi connectivity index (χ2n) is 8.92. The molecule has 2 amide bonds. The van der Waals surface area contributed by atoms with E-state index in [0.717, 1.165) is 6.42 Å². The lowest BCUT2D eigenvalue weighted by molar-refractivity contribution is -0.149. The summed E-state index contributed by atoms with van der Waals surface area (Å²) in [5.74, 6) is -0.932. The summed E-state index contributed by atoms with van der Waals surface area (Å²) in [6.45, 7) is 2.97. The average molecular weight is 472 g/mol. The van der Waals surface area contributed by atoms with Gasteiger partial charge in [-0.3, -0.25) is 14.2 Å². The normalized spacial score (nSPS) is 25.0. The average Bonchev–Trinajstić information content (AvgIpc) is 3.32. The molecule has 2 aromatic carbocycles. The Morgan fingerprint density at radius 1 is 1.09 bits per heavy atom. The minimum absolute atomic E-state index is 0.0739. The number of piperidine rings is 1. The van der Waals surface area contributed by atoms with Crippen LogP contribution in [0.1, 0.15) is 30.1 Å². The number of aliphatic carboxylic acids is 1. The smallest absolute Gasteiger partial charge is 0.326 e. The summed E-state index contributed by atoms with van der Waals surface area (Å²) in [5, 5.41) is 12.3. The molecule has 3 N–H and O–H groups in total. The number of benzene rings is 2. The first-order valence-electron chi connectivity index (χ1n) is 10.5. The Balaban J connectivity index is 1.33. The van der Waals surface area contributed by atoms with Gasteiger partial charge < -0.3 is 25.0 Å². The number of carboxylic acids is 1. The van der Waals surface area contributed by atoms with E-state index in [4.69, 9.17) is 4.74 Å². The van der Waals surface area contributed by atoms with Crippen LogP contribution in [0, 0.1) is 5.41 Å². The highest BCUT2D eigenvalue weighted by Gasteiger charge is 2.64. The van der Waals surface area contributed by atoms with Gasteiger partial charge in [-0.15, -0.1) is 0 Å². The monoisotopic (exact) mass is 472 g/mol. The van der Waals surface area contributed by atoms with E-state index in [0.29, 0.717) is 28.8 Å². The molecule has 0 radical (unpaired) electrons. The van der Waals surface area contributed by atoms with E-state index in [9.17, 15) is 28.9 Å². The van der Waals surface area contributed by atoms with Gasteiger partial charge in [-0.2, -0.15) is 0 Å². The molecule has 1 aliphatic carbocycles. The molecule has 4 rings (SSSR count). The minimum atomic E-state index is -3.33. The zero-order valence-electron chi connectivity index (χ0n) is 18.2. The van der Waals surface area contributed by atoms with E-state index in [1.807, 2.05) is 6.92 Å². The second-order valence-corrected chi connectivity index (χ2v) is 11.2. The number of carbonyl (C=O) groups excluding carboxylic acids is 2. The fourth-order valence-corrected chi connectivity index (χ4v) is 5.00. The third kappa shape index (κ3) is 4.79. The van der Waals surface area contributed by atoms with Crippen molar-refractivity contribution in [2.75, 3.05) is 13.2 Å². The molecule has 4 atom stereocenters. The predicted molar refractivity (Wildman–Crippen MR) is 120 cm³/mol. The van der Waals surface area contributed by atoms with Crippen LogP contribution in [0.3, 0.4) is 0 Å². The summed E-state index contributed by atoms with van der Waals surface area (Å²) in [6.07, 6.45) is 1.23. The van der Waals surface area contributed by atoms with Crippen LogP contribution in [-0.4, -0.2) is 58.0 Å². The van der Waals surface area contributed by atoms with Gasteiger partial charge in [-0.1, -0.05) is 6.92 Å². The van der Waals surface area contributed by atoms with Crippen molar-refractivity contribution in [2.45, 2.75) is 31.8 Å². The Bertz CT molecular complexity index is 1140. The maximum Gasteiger partial charge on any atom is 0.326 e. The first-order chi connectivity index (χ1) is 15.5. The SMILES string of the molecule is C[C@@]12C[C@@H]1N(C(=O)CNC(=O)c1ccc(Oc3ccc(P(C)(=O)O)cc3)cc1)[C@H](C(=O)O)C2. The molecule has 2 fully saturated rings. The number of hydrogen-bond acceptors (Lipinski definition) is 5. The number of fused-ring (bicyclic) bond motifs is 1. The molecular weight excluding hydrogens is 447 g/mol. The molecule has 1 saturated heterocycles. The first-order valence-corrected chi connectivity index (χ1v) is 12.6. The van der Waals surface area contributed by atoms with Crippen LogP contribution < -0.4 is 15.4 Å². The van der Waals surface area contributed by atoms with Gasteiger partial charge in [0.1, 0.15) is 17.5 Å². The molecular formula is C23H25N2O7P. The number of rotatable bonds is 7. The van der Waals surface area contributed by atoms with Crippen LogP contribution >= 0.6 is 7.37 Å². The summed E-state index contributed by atoms with van der Waals surface area (Å²) in [7, 11) is -3.33. The maximum atomic E-state index is 12.6. The Morgan fingerprint density at radius 2 is 1.67 bits per heavy atom. The van der Waals surface area contributed by atoms with Gasteiger partial charge in [0.2, 0.25) is 13.3 Å². The standard InChI is InChI=1S/C23H25N2O7P/c1-23-11-18(22(28)29)25(19(23)12-23)20(26)13-24-21(27)14-3-5-15(6-4-14)32-16-7-9-17(10-8-16)33(2,30)31/h3-10,18-19H,11-13H2,1-2H3,(H,24,27)(H,28,29)(H,30,31)/t18-,19-,23+/m0/s1. The summed E-state index contributed by atoms with van der Waals surface area (Å²) in [6, 6.07) is 11.6. The van der Waals surface area contributed by atoms with E-state index in [1.54, 1.807) is 36.4 Å². The van der Waals surface area contributed by atoms with Gasteiger partial charge >= 0.3 is 5.97 Å². The van der Waals surface area contributed by atoms with E-state index in [-0.39, 0.29) is 18.0 Å². The second kappa shape index (κ2) is 8.32. The largest absolute Gasteiger partial charge is 0.480 e. The minimum Gasteiger partial charge on any atom is -0.480 e. The molecule has 1 heterocycles. The first kappa shape index (κ1) is 23.0. The topological polar surface area (TPSA) is 133 Å². The molecule has 9 nitrogen and oxygen atoms in total. The number of nitrogens with zero attached hydrogens (tertiary/aromatic N) is 1. The highest BCUT2D eigenvalue weighted by molar-refractivity contribution is 7.65. The summed E-state index contributed by atoms with van der Waals surface area (Å²) >= 11 is 0. The van der Waals surface area contributed by atoms with Crippen LogP contribution in [0.5, 0.6) is 11.5 Å². The van der Waals surface area contributed by atoms with E-state index >= 15 is 0 Å². The fraction of sp³-hybridized carbons (Fsp3) is 0.348. The third-order valence-corrected chi connectivity index (χ3v) is 7.53. The van der Waals surface area contributed by atoms with E-state index in [2.05, 4.69) is 5.32 Å². The van der Waals surface area contributed by atoms with Gasteiger partial charge in [-0.25, -0.2) is 4.79 Å². The van der Waals surface area contributed by atoms with Crippen LogP contribution in [0.2, 0.25) is 0 Å². The van der Waals surface area contributed by atoms with Crippen LogP contribution in [0.25, 0.3) is 0 Å². The lowest BCUT2D eigenvalue weighted by Crippen LogP contribution is -2.47. The van der Waals surface area contributed by atoms with Crippen LogP contribution in [0.15, 0.2) is 48.5 Å². The Labute approximate surface area is 190 Å². The van der Waals surface area contributed by atoms with Crippen molar-refractivity contribution in [1.29, 1.82) is 0 Å². The lowest BCUT2D eigenvalue weighted by atomic mass is 10.0. The van der Waals surface area contributed by atoms with Gasteiger partial charge in [0.15, 0.2) is 0 Å². The van der Waals surface area contributed by atoms with Crippen molar-refractivity contribution in [3.63, 3.8) is 0 Å².